The van der Waals surface area contributed by atoms with Gasteiger partial charge in [0.1, 0.15) is 0 Å². The van der Waals surface area contributed by atoms with Crippen LogP contribution in [0.25, 0.3) is 0 Å². The van der Waals surface area contributed by atoms with E-state index in [4.69, 9.17) is 0 Å². The van der Waals surface area contributed by atoms with Crippen LogP contribution < -0.4 is 0 Å². The van der Waals surface area contributed by atoms with Gasteiger partial charge in [0.25, 0.3) is 0 Å². The first-order chi connectivity index (χ1) is 11.1. The van der Waals surface area contributed by atoms with Crippen molar-refractivity contribution in [1.29, 1.82) is 0 Å². The summed E-state index contributed by atoms with van der Waals surface area (Å²) >= 11 is 5.29. The summed E-state index contributed by atoms with van der Waals surface area (Å²) in [6.07, 6.45) is 4.13. The molecule has 1 fully saturated rings. The summed E-state index contributed by atoms with van der Waals surface area (Å²) in [4.78, 5) is 19.3. The van der Waals surface area contributed by atoms with Gasteiger partial charge < -0.3 is 5.11 Å². The van der Waals surface area contributed by atoms with Crippen molar-refractivity contribution >= 4 is 33.2 Å². The van der Waals surface area contributed by atoms with Crippen molar-refractivity contribution < 1.29 is 9.90 Å². The minimum Gasteiger partial charge on any atom is -0.481 e. The summed E-state index contributed by atoms with van der Waals surface area (Å²) in [5.41, 5.74) is 1.07. The zero-order valence-electron chi connectivity index (χ0n) is 12.7. The molecule has 3 heterocycles. The monoisotopic (exact) mass is 394 g/mol. The molecule has 4 nitrogen and oxygen atoms in total. The molecule has 1 aliphatic heterocycles. The first-order valence-corrected chi connectivity index (χ1v) is 9.36. The molecule has 1 unspecified atom stereocenters. The van der Waals surface area contributed by atoms with Crippen molar-refractivity contribution in [1.82, 2.24) is 9.88 Å². The highest BCUT2D eigenvalue weighted by atomic mass is 79.9. The van der Waals surface area contributed by atoms with Crippen molar-refractivity contribution in [2.45, 2.75) is 25.3 Å². The molecule has 0 saturated carbocycles. The number of hydrogen-bond donors (Lipinski definition) is 1. The quantitative estimate of drug-likeness (QED) is 0.832. The Morgan fingerprint density at radius 3 is 2.70 bits per heavy atom. The van der Waals surface area contributed by atoms with Gasteiger partial charge in [-0.05, 0) is 66.1 Å². The van der Waals surface area contributed by atoms with Crippen molar-refractivity contribution in [2.24, 2.45) is 5.92 Å². The van der Waals surface area contributed by atoms with Gasteiger partial charge in [0.2, 0.25) is 0 Å². The van der Waals surface area contributed by atoms with E-state index in [-0.39, 0.29) is 12.0 Å². The Bertz CT molecular complexity index is 654. The van der Waals surface area contributed by atoms with E-state index in [9.17, 15) is 9.90 Å². The Morgan fingerprint density at radius 2 is 2.13 bits per heavy atom. The third kappa shape index (κ3) is 4.19. The van der Waals surface area contributed by atoms with Gasteiger partial charge in [0.05, 0.1) is 9.70 Å². The summed E-state index contributed by atoms with van der Waals surface area (Å²) in [5.74, 6) is -0.860. The van der Waals surface area contributed by atoms with Crippen LogP contribution in [0.2, 0.25) is 0 Å². The molecule has 2 aromatic heterocycles. The van der Waals surface area contributed by atoms with Crippen LogP contribution in [0.1, 0.15) is 29.5 Å². The average molecular weight is 395 g/mol. The number of aromatic nitrogens is 1. The second-order valence-electron chi connectivity index (χ2n) is 5.83. The van der Waals surface area contributed by atoms with E-state index >= 15 is 0 Å². The molecule has 0 spiro atoms. The van der Waals surface area contributed by atoms with E-state index in [0.29, 0.717) is 0 Å². The zero-order chi connectivity index (χ0) is 16.2. The first-order valence-electron chi connectivity index (χ1n) is 7.75. The van der Waals surface area contributed by atoms with Gasteiger partial charge in [0.15, 0.2) is 0 Å². The van der Waals surface area contributed by atoms with Crippen LogP contribution in [-0.2, 0) is 11.2 Å². The van der Waals surface area contributed by atoms with Gasteiger partial charge in [-0.1, -0.05) is 6.07 Å². The Balaban J connectivity index is 1.77. The molecule has 0 aliphatic carbocycles. The Hall–Kier alpha value is -1.24. The van der Waals surface area contributed by atoms with E-state index < -0.39 is 5.97 Å². The van der Waals surface area contributed by atoms with E-state index in [0.717, 1.165) is 41.8 Å². The van der Waals surface area contributed by atoms with Crippen LogP contribution in [-0.4, -0.2) is 34.0 Å². The normalized spacial score (nSPS) is 18.0. The van der Waals surface area contributed by atoms with Crippen molar-refractivity contribution in [3.05, 3.63) is 50.9 Å². The maximum atomic E-state index is 11.2. The Morgan fingerprint density at radius 1 is 1.35 bits per heavy atom. The molecule has 6 heteroatoms. The van der Waals surface area contributed by atoms with Gasteiger partial charge in [-0.25, -0.2) is 0 Å². The van der Waals surface area contributed by atoms with Gasteiger partial charge in [-0.3, -0.25) is 14.7 Å². The van der Waals surface area contributed by atoms with Gasteiger partial charge in [0, 0.05) is 29.2 Å². The molecular formula is C17H19BrN2O2S. The molecule has 0 amide bonds. The highest BCUT2D eigenvalue weighted by molar-refractivity contribution is 9.11. The molecule has 0 bridgehead atoms. The molecule has 1 aliphatic rings. The van der Waals surface area contributed by atoms with Gasteiger partial charge >= 0.3 is 5.97 Å². The SMILES string of the molecule is O=C(O)C1CCN(C(Cc2ccccn2)c2ccc(Br)s2)CC1. The lowest BCUT2D eigenvalue weighted by atomic mass is 9.94. The Labute approximate surface area is 148 Å². The first kappa shape index (κ1) is 16.6. The fraction of sp³-hybridized carbons (Fsp3) is 0.412. The molecule has 23 heavy (non-hydrogen) atoms. The number of hydrogen-bond acceptors (Lipinski definition) is 4. The van der Waals surface area contributed by atoms with Crippen LogP contribution >= 0.6 is 27.3 Å². The standard InChI is InChI=1S/C17H19BrN2O2S/c18-16-5-4-15(23-16)14(11-13-3-1-2-8-19-13)20-9-6-12(7-10-20)17(21)22/h1-5,8,12,14H,6-7,9-11H2,(H,21,22). The van der Waals surface area contributed by atoms with Crippen molar-refractivity contribution in [3.8, 4) is 0 Å². The number of likely N-dealkylation sites (tertiary alicyclic amines) is 1. The Kier molecular flexibility index (Phi) is 5.46. The summed E-state index contributed by atoms with van der Waals surface area (Å²) in [5, 5.41) is 9.19. The average Bonchev–Trinajstić information content (AvgIpc) is 3.00. The number of rotatable bonds is 5. The lowest BCUT2D eigenvalue weighted by Gasteiger charge is -2.36. The highest BCUT2D eigenvalue weighted by Gasteiger charge is 2.30. The van der Waals surface area contributed by atoms with E-state index in [2.05, 4.69) is 44.0 Å². The molecular weight excluding hydrogens is 376 g/mol. The van der Waals surface area contributed by atoms with Crippen LogP contribution in [0.3, 0.4) is 0 Å². The van der Waals surface area contributed by atoms with Crippen LogP contribution in [0.15, 0.2) is 40.3 Å². The predicted octanol–water partition coefficient (Wildman–Crippen LogP) is 3.99. The van der Waals surface area contributed by atoms with Crippen molar-refractivity contribution in [3.63, 3.8) is 0 Å². The highest BCUT2D eigenvalue weighted by Crippen LogP contribution is 2.35. The molecule has 1 N–H and O–H groups in total. The summed E-state index contributed by atoms with van der Waals surface area (Å²) in [7, 11) is 0. The maximum Gasteiger partial charge on any atom is 0.306 e. The van der Waals surface area contributed by atoms with Crippen molar-refractivity contribution in [2.75, 3.05) is 13.1 Å². The number of nitrogens with zero attached hydrogens (tertiary/aromatic N) is 2. The maximum absolute atomic E-state index is 11.2. The smallest absolute Gasteiger partial charge is 0.306 e. The van der Waals surface area contributed by atoms with Crippen LogP contribution in [0, 0.1) is 5.92 Å². The zero-order valence-corrected chi connectivity index (χ0v) is 15.1. The lowest BCUT2D eigenvalue weighted by Crippen LogP contribution is -2.39. The molecule has 1 atom stereocenters. The molecule has 2 aromatic rings. The van der Waals surface area contributed by atoms with E-state index in [1.54, 1.807) is 11.3 Å². The molecule has 0 aromatic carbocycles. The number of thiophene rings is 1. The largest absolute Gasteiger partial charge is 0.481 e. The fourth-order valence-corrected chi connectivity index (χ4v) is 4.65. The number of carboxylic acid groups (broad SMARTS) is 1. The molecule has 1 saturated heterocycles. The second kappa shape index (κ2) is 7.55. The van der Waals surface area contributed by atoms with Crippen LogP contribution in [0.5, 0.6) is 0 Å². The minimum absolute atomic E-state index is 0.197. The van der Waals surface area contributed by atoms with E-state index in [1.807, 2.05) is 18.3 Å². The number of pyridine rings is 1. The summed E-state index contributed by atoms with van der Waals surface area (Å²) in [6, 6.07) is 10.5. The minimum atomic E-state index is -0.662. The molecule has 122 valence electrons. The predicted molar refractivity (Wildman–Crippen MR) is 94.6 cm³/mol. The third-order valence-corrected chi connectivity index (χ3v) is 6.10. The van der Waals surface area contributed by atoms with Gasteiger partial charge in [-0.2, -0.15) is 0 Å². The number of aliphatic carboxylic acids is 1. The number of carboxylic acids is 1. The van der Waals surface area contributed by atoms with Crippen LogP contribution in [0.4, 0.5) is 0 Å². The number of piperidine rings is 1. The second-order valence-corrected chi connectivity index (χ2v) is 8.33. The number of halogens is 1. The van der Waals surface area contributed by atoms with Gasteiger partial charge in [-0.15, -0.1) is 11.3 Å². The number of carbonyl (C=O) groups is 1. The molecule has 0 radical (unpaired) electrons. The molecule has 3 rings (SSSR count). The van der Waals surface area contributed by atoms with E-state index in [1.165, 1.54) is 4.88 Å². The summed E-state index contributed by atoms with van der Waals surface area (Å²) in [6.45, 7) is 1.65. The fourth-order valence-electron chi connectivity index (χ4n) is 3.09. The topological polar surface area (TPSA) is 53.4 Å². The lowest BCUT2D eigenvalue weighted by molar-refractivity contribution is -0.143. The third-order valence-electron chi connectivity index (χ3n) is 4.37. The summed E-state index contributed by atoms with van der Waals surface area (Å²) < 4.78 is 1.12.